The Labute approximate surface area is 142 Å². The predicted molar refractivity (Wildman–Crippen MR) is 95.6 cm³/mol. The van der Waals surface area contributed by atoms with Gasteiger partial charge in [0.25, 0.3) is 0 Å². The van der Waals surface area contributed by atoms with Crippen molar-refractivity contribution in [2.24, 2.45) is 0 Å². The van der Waals surface area contributed by atoms with Crippen molar-refractivity contribution in [2.75, 3.05) is 11.9 Å². The zero-order chi connectivity index (χ0) is 17.2. The van der Waals surface area contributed by atoms with E-state index < -0.39 is 0 Å². The lowest BCUT2D eigenvalue weighted by Gasteiger charge is -2.07. The van der Waals surface area contributed by atoms with Crippen LogP contribution < -0.4 is 10.1 Å². The summed E-state index contributed by atoms with van der Waals surface area (Å²) in [6.07, 6.45) is 4.45. The first-order valence-corrected chi connectivity index (χ1v) is 7.83. The smallest absolute Gasteiger partial charge is 0.248 e. The summed E-state index contributed by atoms with van der Waals surface area (Å²) >= 11 is 0. The number of hydrogen-bond acceptors (Lipinski definition) is 3. The highest BCUT2D eigenvalue weighted by Crippen LogP contribution is 2.18. The summed E-state index contributed by atoms with van der Waals surface area (Å²) in [5.41, 5.74) is 2.81. The van der Waals surface area contributed by atoms with Gasteiger partial charge in [0.15, 0.2) is 0 Å². The van der Waals surface area contributed by atoms with Crippen molar-refractivity contribution < 1.29 is 9.53 Å². The molecule has 0 aromatic heterocycles. The normalized spacial score (nSPS) is 10.3. The third-order valence-corrected chi connectivity index (χ3v) is 3.27. The molecule has 0 spiro atoms. The number of anilines is 1. The second-order valence-electron chi connectivity index (χ2n) is 5.37. The molecule has 0 radical (unpaired) electrons. The summed E-state index contributed by atoms with van der Waals surface area (Å²) in [6.45, 7) is 2.50. The van der Waals surface area contributed by atoms with Gasteiger partial charge in [-0.25, -0.2) is 0 Å². The molecular weight excluding hydrogens is 300 g/mol. The first-order valence-electron chi connectivity index (χ1n) is 7.83. The minimum absolute atomic E-state index is 0.196. The van der Waals surface area contributed by atoms with Crippen LogP contribution in [-0.2, 0) is 4.79 Å². The molecule has 1 N–H and O–H groups in total. The summed E-state index contributed by atoms with van der Waals surface area (Å²) in [7, 11) is 0. The maximum absolute atomic E-state index is 12.0. The minimum Gasteiger partial charge on any atom is -0.493 e. The molecule has 0 atom stereocenters. The van der Waals surface area contributed by atoms with Crippen LogP contribution in [-0.4, -0.2) is 12.5 Å². The summed E-state index contributed by atoms with van der Waals surface area (Å²) in [6, 6.07) is 17.2. The summed E-state index contributed by atoms with van der Waals surface area (Å²) < 4.78 is 5.55. The zero-order valence-electron chi connectivity index (χ0n) is 13.7. The van der Waals surface area contributed by atoms with Crippen molar-refractivity contribution >= 4 is 17.7 Å². The van der Waals surface area contributed by atoms with Gasteiger partial charge in [-0.15, -0.1) is 0 Å². The molecule has 24 heavy (non-hydrogen) atoms. The van der Waals surface area contributed by atoms with Gasteiger partial charge in [0, 0.05) is 24.3 Å². The third-order valence-electron chi connectivity index (χ3n) is 3.27. The SMILES string of the molecule is Cc1cccc(/C=C/C(=O)Nc2cccc(OCCCC#N)c2)c1. The molecule has 0 unspecified atom stereocenters. The second-order valence-corrected chi connectivity index (χ2v) is 5.37. The fraction of sp³-hybridized carbons (Fsp3) is 0.200. The van der Waals surface area contributed by atoms with Gasteiger partial charge in [0.05, 0.1) is 12.7 Å². The molecule has 4 nitrogen and oxygen atoms in total. The van der Waals surface area contributed by atoms with Crippen LogP contribution in [0.3, 0.4) is 0 Å². The molecule has 0 aliphatic heterocycles. The van der Waals surface area contributed by atoms with E-state index in [1.807, 2.05) is 43.3 Å². The summed E-state index contributed by atoms with van der Waals surface area (Å²) in [5, 5.41) is 11.3. The molecule has 122 valence electrons. The number of nitriles is 1. The number of rotatable bonds is 7. The second kappa shape index (κ2) is 9.16. The monoisotopic (exact) mass is 320 g/mol. The number of amides is 1. The fourth-order valence-corrected chi connectivity index (χ4v) is 2.13. The van der Waals surface area contributed by atoms with E-state index in [2.05, 4.69) is 11.4 Å². The number of nitrogens with one attached hydrogen (secondary N) is 1. The molecule has 2 aromatic rings. The minimum atomic E-state index is -0.196. The van der Waals surface area contributed by atoms with E-state index in [0.29, 0.717) is 30.9 Å². The standard InChI is InChI=1S/C20H20N2O2/c1-16-6-4-7-17(14-16)10-11-20(23)22-18-8-5-9-19(15-18)24-13-3-2-12-21/h4-11,14-15H,2-3,13H2,1H3,(H,22,23)/b11-10+. The Balaban J connectivity index is 1.90. The molecular formula is C20H20N2O2. The Hall–Kier alpha value is -3.06. The zero-order valence-corrected chi connectivity index (χ0v) is 13.7. The van der Waals surface area contributed by atoms with Gasteiger partial charge in [0.2, 0.25) is 5.91 Å². The third kappa shape index (κ3) is 5.98. The van der Waals surface area contributed by atoms with E-state index in [-0.39, 0.29) is 5.91 Å². The first kappa shape index (κ1) is 17.3. The van der Waals surface area contributed by atoms with Crippen LogP contribution in [0.2, 0.25) is 0 Å². The fourth-order valence-electron chi connectivity index (χ4n) is 2.13. The first-order chi connectivity index (χ1) is 11.7. The Morgan fingerprint density at radius 3 is 2.88 bits per heavy atom. The van der Waals surface area contributed by atoms with Gasteiger partial charge in [-0.1, -0.05) is 35.9 Å². The van der Waals surface area contributed by atoms with Crippen molar-refractivity contribution in [2.45, 2.75) is 19.8 Å². The average Bonchev–Trinajstić information content (AvgIpc) is 2.57. The number of aryl methyl sites for hydroxylation is 1. The van der Waals surface area contributed by atoms with Crippen molar-refractivity contribution in [1.29, 1.82) is 5.26 Å². The Morgan fingerprint density at radius 1 is 1.25 bits per heavy atom. The van der Waals surface area contributed by atoms with Crippen molar-refractivity contribution in [1.82, 2.24) is 0 Å². The van der Waals surface area contributed by atoms with Crippen molar-refractivity contribution in [3.8, 4) is 11.8 Å². The number of hydrogen-bond donors (Lipinski definition) is 1. The van der Waals surface area contributed by atoms with E-state index in [4.69, 9.17) is 10.00 Å². The number of ether oxygens (including phenoxy) is 1. The van der Waals surface area contributed by atoms with Gasteiger partial charge in [0.1, 0.15) is 5.75 Å². The lowest BCUT2D eigenvalue weighted by molar-refractivity contribution is -0.111. The maximum Gasteiger partial charge on any atom is 0.248 e. The number of benzene rings is 2. The quantitative estimate of drug-likeness (QED) is 0.610. The molecule has 0 heterocycles. The van der Waals surface area contributed by atoms with Crippen LogP contribution in [0, 0.1) is 18.3 Å². The molecule has 0 fully saturated rings. The number of nitrogens with zero attached hydrogens (tertiary/aromatic N) is 1. The Morgan fingerprint density at radius 2 is 2.08 bits per heavy atom. The van der Waals surface area contributed by atoms with Crippen molar-refractivity contribution in [3.05, 3.63) is 65.7 Å². The Kier molecular flexibility index (Phi) is 6.60. The van der Waals surface area contributed by atoms with Crippen LogP contribution in [0.25, 0.3) is 6.08 Å². The van der Waals surface area contributed by atoms with E-state index >= 15 is 0 Å². The van der Waals surface area contributed by atoms with Gasteiger partial charge in [-0.05, 0) is 37.1 Å². The number of carbonyl (C=O) groups excluding carboxylic acids is 1. The molecule has 0 saturated carbocycles. The average molecular weight is 320 g/mol. The number of carbonyl (C=O) groups is 1. The molecule has 4 heteroatoms. The van der Waals surface area contributed by atoms with Gasteiger partial charge in [-0.3, -0.25) is 4.79 Å². The molecule has 0 aliphatic carbocycles. The van der Waals surface area contributed by atoms with E-state index in [0.717, 1.165) is 11.1 Å². The largest absolute Gasteiger partial charge is 0.493 e. The van der Waals surface area contributed by atoms with E-state index in [1.54, 1.807) is 18.2 Å². The maximum atomic E-state index is 12.0. The van der Waals surface area contributed by atoms with Crippen LogP contribution in [0.1, 0.15) is 24.0 Å². The lowest BCUT2D eigenvalue weighted by Crippen LogP contribution is -2.08. The van der Waals surface area contributed by atoms with Crippen LogP contribution >= 0.6 is 0 Å². The van der Waals surface area contributed by atoms with Gasteiger partial charge >= 0.3 is 0 Å². The van der Waals surface area contributed by atoms with Gasteiger partial charge < -0.3 is 10.1 Å². The van der Waals surface area contributed by atoms with E-state index in [9.17, 15) is 4.79 Å². The van der Waals surface area contributed by atoms with E-state index in [1.165, 1.54) is 6.08 Å². The summed E-state index contributed by atoms with van der Waals surface area (Å²) in [4.78, 5) is 12.0. The molecule has 0 saturated heterocycles. The van der Waals surface area contributed by atoms with Crippen LogP contribution in [0.5, 0.6) is 5.75 Å². The molecule has 2 aromatic carbocycles. The molecule has 1 amide bonds. The highest BCUT2D eigenvalue weighted by molar-refractivity contribution is 6.02. The van der Waals surface area contributed by atoms with Crippen LogP contribution in [0.15, 0.2) is 54.6 Å². The topological polar surface area (TPSA) is 62.1 Å². The summed E-state index contributed by atoms with van der Waals surface area (Å²) in [5.74, 6) is 0.478. The highest BCUT2D eigenvalue weighted by Gasteiger charge is 2.00. The van der Waals surface area contributed by atoms with Gasteiger partial charge in [-0.2, -0.15) is 5.26 Å². The molecule has 0 aliphatic rings. The predicted octanol–water partition coefficient (Wildman–Crippen LogP) is 4.33. The highest BCUT2D eigenvalue weighted by atomic mass is 16.5. The van der Waals surface area contributed by atoms with Crippen molar-refractivity contribution in [3.63, 3.8) is 0 Å². The molecule has 2 rings (SSSR count). The Bertz CT molecular complexity index is 760. The van der Waals surface area contributed by atoms with Crippen LogP contribution in [0.4, 0.5) is 5.69 Å². The lowest BCUT2D eigenvalue weighted by atomic mass is 10.1. The number of unbranched alkanes of at least 4 members (excludes halogenated alkanes) is 1. The molecule has 0 bridgehead atoms.